The van der Waals surface area contributed by atoms with Crippen LogP contribution in [0.5, 0.6) is 0 Å². The maximum atomic E-state index is 13.7. The molecular formula is C26H24FN3O. The molecule has 2 heterocycles. The third-order valence-corrected chi connectivity index (χ3v) is 6.02. The molecule has 2 unspecified atom stereocenters. The van der Waals surface area contributed by atoms with E-state index >= 15 is 0 Å². The van der Waals surface area contributed by atoms with Crippen LogP contribution in [0, 0.1) is 5.82 Å². The van der Waals surface area contributed by atoms with E-state index in [9.17, 15) is 9.18 Å². The number of Topliss-reactive ketones (excluding diaryl/α,β-unsaturated/α-hetero) is 1. The second-order valence-corrected chi connectivity index (χ2v) is 8.48. The average molecular weight is 413 g/mol. The van der Waals surface area contributed by atoms with Crippen LogP contribution < -0.4 is 5.32 Å². The maximum Gasteiger partial charge on any atom is 0.184 e. The van der Waals surface area contributed by atoms with E-state index in [2.05, 4.69) is 48.6 Å². The minimum Gasteiger partial charge on any atom is -0.377 e. The third-order valence-electron chi connectivity index (χ3n) is 6.02. The van der Waals surface area contributed by atoms with E-state index in [0.29, 0.717) is 5.56 Å². The lowest BCUT2D eigenvalue weighted by atomic mass is 9.75. The van der Waals surface area contributed by atoms with Crippen LogP contribution in [0.1, 0.15) is 44.6 Å². The topological polar surface area (TPSA) is 44.7 Å². The number of aliphatic imine (C=N–C) groups is 1. The van der Waals surface area contributed by atoms with Crippen molar-refractivity contribution in [2.45, 2.75) is 18.5 Å². The van der Waals surface area contributed by atoms with Crippen LogP contribution in [0.3, 0.4) is 0 Å². The summed E-state index contributed by atoms with van der Waals surface area (Å²) in [6.07, 6.45) is 0. The molecule has 1 N–H and O–H groups in total. The third kappa shape index (κ3) is 3.55. The Morgan fingerprint density at radius 2 is 1.71 bits per heavy atom. The first-order valence-electron chi connectivity index (χ1n) is 10.5. The molecule has 0 saturated heterocycles. The van der Waals surface area contributed by atoms with Crippen LogP contribution in [0.2, 0.25) is 0 Å². The lowest BCUT2D eigenvalue weighted by Crippen LogP contribution is -2.36. The second-order valence-electron chi connectivity index (χ2n) is 8.48. The Bertz CT molecular complexity index is 1170. The van der Waals surface area contributed by atoms with Gasteiger partial charge in [-0.1, -0.05) is 48.5 Å². The van der Waals surface area contributed by atoms with Crippen molar-refractivity contribution in [1.82, 2.24) is 4.90 Å². The molecule has 2 atom stereocenters. The zero-order valence-corrected chi connectivity index (χ0v) is 17.6. The molecule has 2 aliphatic rings. The quantitative estimate of drug-likeness (QED) is 0.667. The molecule has 156 valence electrons. The van der Waals surface area contributed by atoms with Gasteiger partial charge in [0.2, 0.25) is 0 Å². The smallest absolute Gasteiger partial charge is 0.184 e. The monoisotopic (exact) mass is 413 g/mol. The summed E-state index contributed by atoms with van der Waals surface area (Å²) in [5.41, 5.74) is 6.77. The number of hydrogen-bond acceptors (Lipinski definition) is 4. The Balaban J connectivity index is 1.64. The van der Waals surface area contributed by atoms with Crippen molar-refractivity contribution in [3.05, 3.63) is 100 Å². The fourth-order valence-electron chi connectivity index (χ4n) is 4.66. The Kier molecular flexibility index (Phi) is 4.91. The highest BCUT2D eigenvalue weighted by Gasteiger charge is 2.39. The molecule has 0 amide bonds. The summed E-state index contributed by atoms with van der Waals surface area (Å²) in [6, 6.07) is 20.9. The summed E-state index contributed by atoms with van der Waals surface area (Å²) >= 11 is 0. The SMILES string of the molecule is CN(C)Cc1ccc(C2Nc3cccc4c3C(=NCC4=O)C2c2ccc(F)cc2)cc1. The highest BCUT2D eigenvalue weighted by molar-refractivity contribution is 6.21. The molecule has 0 fully saturated rings. The Labute approximate surface area is 181 Å². The van der Waals surface area contributed by atoms with Gasteiger partial charge in [-0.05, 0) is 49.0 Å². The van der Waals surface area contributed by atoms with Crippen LogP contribution in [0.25, 0.3) is 0 Å². The van der Waals surface area contributed by atoms with Gasteiger partial charge in [0.1, 0.15) is 12.4 Å². The van der Waals surface area contributed by atoms with Gasteiger partial charge in [-0.2, -0.15) is 0 Å². The predicted molar refractivity (Wildman–Crippen MR) is 122 cm³/mol. The molecule has 4 nitrogen and oxygen atoms in total. The van der Waals surface area contributed by atoms with Crippen molar-refractivity contribution in [3.63, 3.8) is 0 Å². The van der Waals surface area contributed by atoms with Crippen LogP contribution >= 0.6 is 0 Å². The summed E-state index contributed by atoms with van der Waals surface area (Å²) in [7, 11) is 4.11. The summed E-state index contributed by atoms with van der Waals surface area (Å²) in [5.74, 6) is -0.354. The summed E-state index contributed by atoms with van der Waals surface area (Å²) in [4.78, 5) is 19.4. The second kappa shape index (κ2) is 7.75. The molecule has 0 aromatic heterocycles. The zero-order chi connectivity index (χ0) is 21.5. The first-order chi connectivity index (χ1) is 15.0. The van der Waals surface area contributed by atoms with E-state index in [0.717, 1.165) is 34.6 Å². The molecule has 2 aliphatic heterocycles. The summed E-state index contributed by atoms with van der Waals surface area (Å²) in [6.45, 7) is 1.03. The number of carbonyl (C=O) groups excluding carboxylic acids is 1. The largest absolute Gasteiger partial charge is 0.377 e. The first-order valence-corrected chi connectivity index (χ1v) is 10.5. The number of hydrogen-bond donors (Lipinski definition) is 1. The van der Waals surface area contributed by atoms with Crippen molar-refractivity contribution in [1.29, 1.82) is 0 Å². The number of nitrogens with zero attached hydrogens (tertiary/aromatic N) is 2. The van der Waals surface area contributed by atoms with E-state index in [1.807, 2.05) is 30.3 Å². The molecule has 0 radical (unpaired) electrons. The van der Waals surface area contributed by atoms with Crippen molar-refractivity contribution in [2.24, 2.45) is 4.99 Å². The molecule has 3 aromatic rings. The highest BCUT2D eigenvalue weighted by Crippen LogP contribution is 2.45. The van der Waals surface area contributed by atoms with Crippen molar-refractivity contribution < 1.29 is 9.18 Å². The minimum absolute atomic E-state index is 0.0340. The van der Waals surface area contributed by atoms with E-state index < -0.39 is 0 Å². The summed E-state index contributed by atoms with van der Waals surface area (Å²) in [5, 5.41) is 3.66. The van der Waals surface area contributed by atoms with Crippen LogP contribution in [-0.2, 0) is 6.54 Å². The normalized spacial score (nSPS) is 19.6. The number of ketones is 1. The predicted octanol–water partition coefficient (Wildman–Crippen LogP) is 4.82. The Morgan fingerprint density at radius 1 is 1.00 bits per heavy atom. The van der Waals surface area contributed by atoms with Gasteiger partial charge < -0.3 is 10.2 Å². The van der Waals surface area contributed by atoms with Gasteiger partial charge in [0.15, 0.2) is 5.78 Å². The van der Waals surface area contributed by atoms with Crippen molar-refractivity contribution in [2.75, 3.05) is 26.0 Å². The number of halogens is 1. The Morgan fingerprint density at radius 3 is 2.42 bits per heavy atom. The number of anilines is 1. The van der Waals surface area contributed by atoms with Crippen molar-refractivity contribution in [3.8, 4) is 0 Å². The van der Waals surface area contributed by atoms with Gasteiger partial charge in [-0.3, -0.25) is 9.79 Å². The van der Waals surface area contributed by atoms with Gasteiger partial charge >= 0.3 is 0 Å². The van der Waals surface area contributed by atoms with Crippen LogP contribution in [0.4, 0.5) is 10.1 Å². The molecule has 0 saturated carbocycles. The number of rotatable bonds is 4. The standard InChI is InChI=1S/C26H24FN3O/c1-30(2)15-16-6-8-18(9-7-16)25-23(17-10-12-19(27)13-11-17)26-24-20(22(31)14-28-26)4-3-5-21(24)29-25/h3-13,23,25,29H,14-15H2,1-2H3. The number of carbonyl (C=O) groups is 1. The van der Waals surface area contributed by atoms with E-state index in [1.54, 1.807) is 0 Å². The molecule has 5 rings (SSSR count). The fourth-order valence-corrected chi connectivity index (χ4v) is 4.66. The fraction of sp³-hybridized carbons (Fsp3) is 0.231. The minimum atomic E-state index is -0.265. The van der Waals surface area contributed by atoms with E-state index in [4.69, 9.17) is 4.99 Å². The van der Waals surface area contributed by atoms with Gasteiger partial charge in [0.05, 0.1) is 17.7 Å². The van der Waals surface area contributed by atoms with Gasteiger partial charge in [-0.25, -0.2) is 4.39 Å². The first kappa shape index (κ1) is 19.6. The molecule has 0 bridgehead atoms. The number of nitrogens with one attached hydrogen (secondary N) is 1. The molecular weight excluding hydrogens is 389 g/mol. The van der Waals surface area contributed by atoms with Gasteiger partial charge in [0, 0.05) is 23.4 Å². The Hall–Kier alpha value is -3.31. The van der Waals surface area contributed by atoms with Gasteiger partial charge in [-0.15, -0.1) is 0 Å². The molecule has 5 heteroatoms. The lowest BCUT2D eigenvalue weighted by molar-refractivity contribution is 0.1000. The molecule has 3 aromatic carbocycles. The molecule has 0 aliphatic carbocycles. The molecule has 31 heavy (non-hydrogen) atoms. The maximum absolute atomic E-state index is 13.7. The van der Waals surface area contributed by atoms with E-state index in [-0.39, 0.29) is 30.1 Å². The van der Waals surface area contributed by atoms with Crippen LogP contribution in [-0.4, -0.2) is 37.0 Å². The van der Waals surface area contributed by atoms with Gasteiger partial charge in [0.25, 0.3) is 0 Å². The zero-order valence-electron chi connectivity index (χ0n) is 17.6. The average Bonchev–Trinajstić information content (AvgIpc) is 2.77. The van der Waals surface area contributed by atoms with Crippen molar-refractivity contribution >= 4 is 17.2 Å². The number of benzene rings is 3. The highest BCUT2D eigenvalue weighted by atomic mass is 19.1. The summed E-state index contributed by atoms with van der Waals surface area (Å²) < 4.78 is 13.7. The van der Waals surface area contributed by atoms with Crippen LogP contribution in [0.15, 0.2) is 71.7 Å². The van der Waals surface area contributed by atoms with E-state index in [1.165, 1.54) is 17.7 Å². The lowest BCUT2D eigenvalue weighted by Gasteiger charge is -2.38. The molecule has 0 spiro atoms.